The van der Waals surface area contributed by atoms with E-state index in [1.165, 1.54) is 6.07 Å². The van der Waals surface area contributed by atoms with Gasteiger partial charge in [-0.15, -0.1) is 0 Å². The molecule has 0 saturated carbocycles. The molecule has 1 rings (SSSR count). The molecule has 0 fully saturated rings. The second-order valence-corrected chi connectivity index (χ2v) is 4.34. The summed E-state index contributed by atoms with van der Waals surface area (Å²) < 4.78 is 18.3. The third-order valence-electron chi connectivity index (χ3n) is 2.53. The van der Waals surface area contributed by atoms with Crippen LogP contribution in [0.15, 0.2) is 24.3 Å². The molecule has 0 aliphatic carbocycles. The monoisotopic (exact) mass is 274 g/mol. The fraction of sp³-hybridized carbons (Fsp3) is 0.500. The molecule has 0 spiro atoms. The van der Waals surface area contributed by atoms with Crippen molar-refractivity contribution in [2.75, 3.05) is 12.4 Å². The first-order valence-corrected chi connectivity index (χ1v) is 6.13. The summed E-state index contributed by atoms with van der Waals surface area (Å²) in [6, 6.07) is 6.76. The Kier molecular flexibility index (Phi) is 5.26. The summed E-state index contributed by atoms with van der Waals surface area (Å²) in [7, 11) is 1.70. The molecule has 0 bridgehead atoms. The number of alkyl halides is 1. The Morgan fingerprint density at radius 3 is 2.73 bits per heavy atom. The Labute approximate surface area is 98.8 Å². The fourth-order valence-electron chi connectivity index (χ4n) is 1.55. The highest BCUT2D eigenvalue weighted by atomic mass is 79.9. The minimum Gasteiger partial charge on any atom is -0.382 e. The van der Waals surface area contributed by atoms with Crippen molar-refractivity contribution >= 4 is 15.9 Å². The summed E-state index contributed by atoms with van der Waals surface area (Å²) >= 11 is 3.46. The third-order valence-corrected chi connectivity index (χ3v) is 3.31. The van der Waals surface area contributed by atoms with Crippen LogP contribution in [0.4, 0.5) is 4.39 Å². The average Bonchev–Trinajstić information content (AvgIpc) is 2.25. The van der Waals surface area contributed by atoms with Crippen LogP contribution in [0.3, 0.4) is 0 Å². The fourth-order valence-corrected chi connectivity index (χ4v) is 2.18. The number of halogens is 2. The maximum absolute atomic E-state index is 13.0. The van der Waals surface area contributed by atoms with Crippen LogP contribution in [0.25, 0.3) is 0 Å². The van der Waals surface area contributed by atoms with Crippen molar-refractivity contribution in [2.24, 2.45) is 0 Å². The molecule has 0 aliphatic heterocycles. The first kappa shape index (κ1) is 12.7. The lowest BCUT2D eigenvalue weighted by atomic mass is 9.95. The topological polar surface area (TPSA) is 9.23 Å². The number of benzene rings is 1. The molecule has 3 heteroatoms. The van der Waals surface area contributed by atoms with Crippen LogP contribution in [-0.4, -0.2) is 18.5 Å². The molecule has 84 valence electrons. The van der Waals surface area contributed by atoms with Gasteiger partial charge in [0, 0.05) is 12.4 Å². The first-order valence-electron chi connectivity index (χ1n) is 5.01. The van der Waals surface area contributed by atoms with E-state index in [1.807, 2.05) is 13.0 Å². The molecule has 15 heavy (non-hydrogen) atoms. The molecule has 0 aromatic heterocycles. The van der Waals surface area contributed by atoms with Gasteiger partial charge < -0.3 is 4.74 Å². The number of hydrogen-bond acceptors (Lipinski definition) is 1. The van der Waals surface area contributed by atoms with Gasteiger partial charge in [-0.3, -0.25) is 0 Å². The van der Waals surface area contributed by atoms with Crippen molar-refractivity contribution in [1.29, 1.82) is 0 Å². The van der Waals surface area contributed by atoms with Gasteiger partial charge in [-0.05, 0) is 37.0 Å². The highest BCUT2D eigenvalue weighted by molar-refractivity contribution is 9.09. The van der Waals surface area contributed by atoms with Gasteiger partial charge in [0.25, 0.3) is 0 Å². The maximum atomic E-state index is 13.0. The van der Waals surface area contributed by atoms with E-state index in [0.717, 1.165) is 17.3 Å². The molecule has 0 amide bonds. The molecule has 0 saturated heterocycles. The number of hydrogen-bond donors (Lipinski definition) is 0. The molecular formula is C12H16BrFO. The van der Waals surface area contributed by atoms with Gasteiger partial charge in [0.2, 0.25) is 0 Å². The lowest BCUT2D eigenvalue weighted by Gasteiger charge is -2.18. The van der Waals surface area contributed by atoms with Crippen LogP contribution in [0.2, 0.25) is 0 Å². The molecule has 1 aromatic rings. The van der Waals surface area contributed by atoms with Crippen molar-refractivity contribution in [2.45, 2.75) is 25.4 Å². The van der Waals surface area contributed by atoms with Crippen LogP contribution in [0.5, 0.6) is 0 Å². The SMILES string of the molecule is COC(C)CC(CBr)c1cccc(F)c1. The van der Waals surface area contributed by atoms with Crippen molar-refractivity contribution in [3.8, 4) is 0 Å². The Balaban J connectivity index is 2.73. The zero-order valence-corrected chi connectivity index (χ0v) is 10.6. The predicted octanol–water partition coefficient (Wildman–Crippen LogP) is 3.73. The van der Waals surface area contributed by atoms with E-state index in [1.54, 1.807) is 19.2 Å². The van der Waals surface area contributed by atoms with E-state index in [0.29, 0.717) is 5.92 Å². The van der Waals surface area contributed by atoms with Crippen LogP contribution < -0.4 is 0 Å². The molecule has 2 unspecified atom stereocenters. The summed E-state index contributed by atoms with van der Waals surface area (Å²) in [5, 5.41) is 0.824. The van der Waals surface area contributed by atoms with E-state index in [-0.39, 0.29) is 11.9 Å². The first-order chi connectivity index (χ1) is 7.17. The number of rotatable bonds is 5. The van der Waals surface area contributed by atoms with Gasteiger partial charge in [-0.1, -0.05) is 28.1 Å². The quantitative estimate of drug-likeness (QED) is 0.744. The van der Waals surface area contributed by atoms with Crippen molar-refractivity contribution in [3.05, 3.63) is 35.6 Å². The standard InChI is InChI=1S/C12H16BrFO/c1-9(15-2)6-11(8-13)10-4-3-5-12(14)7-10/h3-5,7,9,11H,6,8H2,1-2H3. The van der Waals surface area contributed by atoms with Gasteiger partial charge >= 0.3 is 0 Å². The Morgan fingerprint density at radius 2 is 2.20 bits per heavy atom. The largest absolute Gasteiger partial charge is 0.382 e. The predicted molar refractivity (Wildman–Crippen MR) is 64.0 cm³/mol. The van der Waals surface area contributed by atoms with Crippen LogP contribution in [0.1, 0.15) is 24.8 Å². The Morgan fingerprint density at radius 1 is 1.47 bits per heavy atom. The number of methoxy groups -OCH3 is 1. The lowest BCUT2D eigenvalue weighted by Crippen LogP contribution is -2.12. The van der Waals surface area contributed by atoms with E-state index < -0.39 is 0 Å². The molecule has 0 heterocycles. The van der Waals surface area contributed by atoms with Crippen molar-refractivity contribution in [3.63, 3.8) is 0 Å². The molecule has 0 aliphatic rings. The summed E-state index contributed by atoms with van der Waals surface area (Å²) in [5.41, 5.74) is 1.02. The van der Waals surface area contributed by atoms with Crippen LogP contribution >= 0.6 is 15.9 Å². The van der Waals surface area contributed by atoms with E-state index in [4.69, 9.17) is 4.74 Å². The maximum Gasteiger partial charge on any atom is 0.123 e. The molecular weight excluding hydrogens is 259 g/mol. The van der Waals surface area contributed by atoms with Crippen molar-refractivity contribution < 1.29 is 9.13 Å². The zero-order chi connectivity index (χ0) is 11.3. The van der Waals surface area contributed by atoms with Gasteiger partial charge in [0.15, 0.2) is 0 Å². The minimum absolute atomic E-state index is 0.177. The Hall–Kier alpha value is -0.410. The zero-order valence-electron chi connectivity index (χ0n) is 9.04. The van der Waals surface area contributed by atoms with Crippen molar-refractivity contribution in [1.82, 2.24) is 0 Å². The van der Waals surface area contributed by atoms with Crippen LogP contribution in [-0.2, 0) is 4.74 Å². The highest BCUT2D eigenvalue weighted by Gasteiger charge is 2.14. The van der Waals surface area contributed by atoms with E-state index in [9.17, 15) is 4.39 Å². The summed E-state index contributed by atoms with van der Waals surface area (Å²) in [6.07, 6.45) is 1.08. The van der Waals surface area contributed by atoms with Crippen LogP contribution in [0, 0.1) is 5.82 Å². The van der Waals surface area contributed by atoms with Gasteiger partial charge in [-0.25, -0.2) is 4.39 Å². The lowest BCUT2D eigenvalue weighted by molar-refractivity contribution is 0.106. The normalized spacial score (nSPS) is 14.9. The van der Waals surface area contributed by atoms with Gasteiger partial charge in [0.1, 0.15) is 5.82 Å². The molecule has 1 aromatic carbocycles. The van der Waals surface area contributed by atoms with E-state index >= 15 is 0 Å². The smallest absolute Gasteiger partial charge is 0.123 e. The summed E-state index contributed by atoms with van der Waals surface area (Å²) in [6.45, 7) is 2.02. The summed E-state index contributed by atoms with van der Waals surface area (Å²) in [5.74, 6) is 0.124. The molecule has 1 nitrogen and oxygen atoms in total. The Bertz CT molecular complexity index is 303. The van der Waals surface area contributed by atoms with Gasteiger partial charge in [-0.2, -0.15) is 0 Å². The second-order valence-electron chi connectivity index (χ2n) is 3.69. The summed E-state index contributed by atoms with van der Waals surface area (Å²) in [4.78, 5) is 0. The third kappa shape index (κ3) is 3.92. The van der Waals surface area contributed by atoms with E-state index in [2.05, 4.69) is 15.9 Å². The minimum atomic E-state index is -0.177. The number of ether oxygens (including phenoxy) is 1. The van der Waals surface area contributed by atoms with Gasteiger partial charge in [0.05, 0.1) is 6.10 Å². The highest BCUT2D eigenvalue weighted by Crippen LogP contribution is 2.24. The average molecular weight is 275 g/mol. The molecule has 0 N–H and O–H groups in total. The second kappa shape index (κ2) is 6.23. The molecule has 0 radical (unpaired) electrons. The molecule has 2 atom stereocenters.